The van der Waals surface area contributed by atoms with Crippen molar-refractivity contribution < 1.29 is 23.3 Å². The van der Waals surface area contributed by atoms with Crippen LogP contribution in [0.1, 0.15) is 25.3 Å². The van der Waals surface area contributed by atoms with Gasteiger partial charge in [0, 0.05) is 31.3 Å². The standard InChI is InChI=1S/C22H19F2N3O4/c1-13-3-2-10-25(12-13)20-19(14-4-6-15(7-5-14)27(30)31)21(28)26(22(20)29)16-8-9-17(23)18(24)11-16/h4-9,11,13H,2-3,10,12H2,1H3. The second-order valence-electron chi connectivity index (χ2n) is 7.77. The molecule has 0 aromatic heterocycles. The third-order valence-electron chi connectivity index (χ3n) is 5.56. The van der Waals surface area contributed by atoms with Crippen LogP contribution in [0, 0.1) is 27.7 Å². The quantitative estimate of drug-likeness (QED) is 0.420. The van der Waals surface area contributed by atoms with Gasteiger partial charge in [-0.15, -0.1) is 0 Å². The van der Waals surface area contributed by atoms with Crippen LogP contribution in [-0.4, -0.2) is 34.7 Å². The highest BCUT2D eigenvalue weighted by Gasteiger charge is 2.43. The molecule has 2 aliphatic heterocycles. The summed E-state index contributed by atoms with van der Waals surface area (Å²) in [5.41, 5.74) is 0.399. The lowest BCUT2D eigenvalue weighted by Crippen LogP contribution is -2.39. The normalized spacial score (nSPS) is 19.4. The largest absolute Gasteiger partial charge is 0.366 e. The summed E-state index contributed by atoms with van der Waals surface area (Å²) in [4.78, 5) is 39.8. The molecule has 7 nitrogen and oxygen atoms in total. The highest BCUT2D eigenvalue weighted by atomic mass is 19.2. The van der Waals surface area contributed by atoms with Gasteiger partial charge in [-0.2, -0.15) is 0 Å². The van der Waals surface area contributed by atoms with Crippen molar-refractivity contribution in [2.24, 2.45) is 5.92 Å². The van der Waals surface area contributed by atoms with Gasteiger partial charge >= 0.3 is 0 Å². The van der Waals surface area contributed by atoms with Gasteiger partial charge in [-0.05, 0) is 48.6 Å². The van der Waals surface area contributed by atoms with Crippen molar-refractivity contribution in [1.82, 2.24) is 4.90 Å². The number of amides is 2. The summed E-state index contributed by atoms with van der Waals surface area (Å²) in [5.74, 6) is -3.26. The number of anilines is 1. The Labute approximate surface area is 176 Å². The Morgan fingerprint density at radius 3 is 2.35 bits per heavy atom. The third-order valence-corrected chi connectivity index (χ3v) is 5.56. The smallest absolute Gasteiger partial charge is 0.282 e. The Bertz CT molecular complexity index is 1110. The Kier molecular flexibility index (Phi) is 5.26. The first-order valence-electron chi connectivity index (χ1n) is 9.86. The zero-order chi connectivity index (χ0) is 22.3. The number of rotatable bonds is 4. The van der Waals surface area contributed by atoms with Crippen molar-refractivity contribution in [3.63, 3.8) is 0 Å². The number of hydrogen-bond donors (Lipinski definition) is 0. The molecular weight excluding hydrogens is 408 g/mol. The van der Waals surface area contributed by atoms with Crippen LogP contribution >= 0.6 is 0 Å². The molecule has 0 saturated carbocycles. The maximum absolute atomic E-state index is 13.8. The first-order chi connectivity index (χ1) is 14.8. The number of halogens is 2. The topological polar surface area (TPSA) is 83.8 Å². The summed E-state index contributed by atoms with van der Waals surface area (Å²) in [6.07, 6.45) is 1.83. The number of nitrogens with zero attached hydrogens (tertiary/aromatic N) is 3. The fraction of sp³-hybridized carbons (Fsp3) is 0.273. The van der Waals surface area contributed by atoms with E-state index < -0.39 is 28.4 Å². The lowest BCUT2D eigenvalue weighted by Gasteiger charge is -2.33. The number of benzene rings is 2. The predicted molar refractivity (Wildman–Crippen MR) is 109 cm³/mol. The van der Waals surface area contributed by atoms with Crippen molar-refractivity contribution in [2.45, 2.75) is 19.8 Å². The van der Waals surface area contributed by atoms with Crippen LogP contribution in [0.25, 0.3) is 5.57 Å². The number of non-ortho nitro benzene ring substituents is 1. The van der Waals surface area contributed by atoms with Crippen LogP contribution in [0.2, 0.25) is 0 Å². The van der Waals surface area contributed by atoms with Crippen LogP contribution in [0.5, 0.6) is 0 Å². The molecule has 2 amide bonds. The van der Waals surface area contributed by atoms with E-state index in [1.54, 1.807) is 0 Å². The van der Waals surface area contributed by atoms with E-state index in [0.717, 1.165) is 29.9 Å². The van der Waals surface area contributed by atoms with E-state index in [1.165, 1.54) is 30.3 Å². The van der Waals surface area contributed by atoms with Crippen molar-refractivity contribution in [3.8, 4) is 0 Å². The summed E-state index contributed by atoms with van der Waals surface area (Å²) in [5, 5.41) is 11.0. The Hall–Kier alpha value is -3.62. The zero-order valence-electron chi connectivity index (χ0n) is 16.7. The van der Waals surface area contributed by atoms with Gasteiger partial charge in [0.15, 0.2) is 11.6 Å². The van der Waals surface area contributed by atoms with Gasteiger partial charge in [0.2, 0.25) is 0 Å². The number of piperidine rings is 1. The van der Waals surface area contributed by atoms with Crippen LogP contribution < -0.4 is 4.90 Å². The van der Waals surface area contributed by atoms with Gasteiger partial charge in [-0.3, -0.25) is 19.7 Å². The minimum atomic E-state index is -1.17. The lowest BCUT2D eigenvalue weighted by atomic mass is 9.97. The molecule has 2 aromatic carbocycles. The van der Waals surface area contributed by atoms with Crippen LogP contribution in [-0.2, 0) is 9.59 Å². The van der Waals surface area contributed by atoms with E-state index in [0.29, 0.717) is 24.6 Å². The maximum Gasteiger partial charge on any atom is 0.282 e. The molecule has 160 valence electrons. The molecule has 0 spiro atoms. The van der Waals surface area contributed by atoms with Gasteiger partial charge in [-0.25, -0.2) is 13.7 Å². The van der Waals surface area contributed by atoms with E-state index >= 15 is 0 Å². The predicted octanol–water partition coefficient (Wildman–Crippen LogP) is 3.89. The number of likely N-dealkylation sites (tertiary alicyclic amines) is 1. The van der Waals surface area contributed by atoms with E-state index in [9.17, 15) is 28.5 Å². The SMILES string of the molecule is CC1CCCN(C2=C(c3ccc([N+](=O)[O-])cc3)C(=O)N(c3ccc(F)c(F)c3)C2=O)C1. The molecule has 31 heavy (non-hydrogen) atoms. The van der Waals surface area contributed by atoms with Gasteiger partial charge in [-0.1, -0.05) is 6.92 Å². The maximum atomic E-state index is 13.8. The lowest BCUT2D eigenvalue weighted by molar-refractivity contribution is -0.384. The highest BCUT2D eigenvalue weighted by molar-refractivity contribution is 6.45. The summed E-state index contributed by atoms with van der Waals surface area (Å²) in [6.45, 7) is 3.18. The van der Waals surface area contributed by atoms with E-state index in [2.05, 4.69) is 0 Å². The van der Waals surface area contributed by atoms with Crippen LogP contribution in [0.3, 0.4) is 0 Å². The number of imide groups is 1. The third kappa shape index (κ3) is 3.67. The molecule has 0 bridgehead atoms. The number of carbonyl (C=O) groups is 2. The van der Waals surface area contributed by atoms with Crippen LogP contribution in [0.15, 0.2) is 48.2 Å². The second-order valence-corrected chi connectivity index (χ2v) is 7.77. The Morgan fingerprint density at radius 1 is 1.03 bits per heavy atom. The highest BCUT2D eigenvalue weighted by Crippen LogP contribution is 2.37. The van der Waals surface area contributed by atoms with Crippen LogP contribution in [0.4, 0.5) is 20.2 Å². The Balaban J connectivity index is 1.82. The van der Waals surface area contributed by atoms with Crippen molar-refractivity contribution in [2.75, 3.05) is 18.0 Å². The van der Waals surface area contributed by atoms with Gasteiger partial charge in [0.25, 0.3) is 17.5 Å². The number of nitro groups is 1. The fourth-order valence-electron chi connectivity index (χ4n) is 4.07. The van der Waals surface area contributed by atoms with E-state index in [1.807, 2.05) is 11.8 Å². The van der Waals surface area contributed by atoms with Crippen molar-refractivity contribution in [3.05, 3.63) is 75.5 Å². The average Bonchev–Trinajstić information content (AvgIpc) is 3.00. The van der Waals surface area contributed by atoms with Gasteiger partial charge < -0.3 is 4.90 Å². The first kappa shape index (κ1) is 20.6. The van der Waals surface area contributed by atoms with E-state index in [4.69, 9.17) is 0 Å². The number of carbonyl (C=O) groups excluding carboxylic acids is 2. The first-order valence-corrected chi connectivity index (χ1v) is 9.86. The van der Waals surface area contributed by atoms with Crippen molar-refractivity contribution >= 4 is 28.8 Å². The monoisotopic (exact) mass is 427 g/mol. The molecular formula is C22H19F2N3O4. The molecule has 2 heterocycles. The fourth-order valence-corrected chi connectivity index (χ4v) is 4.07. The second kappa shape index (κ2) is 7.90. The Morgan fingerprint density at radius 2 is 1.74 bits per heavy atom. The molecule has 9 heteroatoms. The average molecular weight is 427 g/mol. The number of hydrogen-bond acceptors (Lipinski definition) is 5. The summed E-state index contributed by atoms with van der Waals surface area (Å²) in [6, 6.07) is 8.19. The summed E-state index contributed by atoms with van der Waals surface area (Å²) < 4.78 is 27.2. The zero-order valence-corrected chi connectivity index (χ0v) is 16.7. The van der Waals surface area contributed by atoms with Gasteiger partial charge in [0.1, 0.15) is 5.70 Å². The van der Waals surface area contributed by atoms with Crippen molar-refractivity contribution in [1.29, 1.82) is 0 Å². The molecule has 1 saturated heterocycles. The molecule has 0 radical (unpaired) electrons. The molecule has 0 N–H and O–H groups in total. The minimum Gasteiger partial charge on any atom is -0.366 e. The summed E-state index contributed by atoms with van der Waals surface area (Å²) >= 11 is 0. The molecule has 2 aromatic rings. The molecule has 1 atom stereocenters. The molecule has 0 aliphatic carbocycles. The molecule has 1 fully saturated rings. The minimum absolute atomic E-state index is 0.0756. The molecule has 1 unspecified atom stereocenters. The number of nitro benzene ring substituents is 1. The summed E-state index contributed by atoms with van der Waals surface area (Å²) in [7, 11) is 0. The molecule has 4 rings (SSSR count). The molecule has 2 aliphatic rings. The van der Waals surface area contributed by atoms with Gasteiger partial charge in [0.05, 0.1) is 16.2 Å². The van der Waals surface area contributed by atoms with E-state index in [-0.39, 0.29) is 22.6 Å².